The molecular formula is C11H23ClN2OS. The highest BCUT2D eigenvalue weighted by Crippen LogP contribution is 2.16. The lowest BCUT2D eigenvalue weighted by atomic mass is 10.1. The smallest absolute Gasteiger partial charge is 0.232 e. The molecule has 1 unspecified atom stereocenters. The van der Waals surface area contributed by atoms with E-state index in [1.807, 2.05) is 11.9 Å². The van der Waals surface area contributed by atoms with Crippen LogP contribution in [-0.2, 0) is 4.79 Å². The normalized spacial score (nSPS) is 19.6. The first kappa shape index (κ1) is 16.1. The van der Waals surface area contributed by atoms with Gasteiger partial charge in [0.1, 0.15) is 0 Å². The number of thioether (sulfide) groups is 1. The molecule has 0 bridgehead atoms. The molecule has 0 aliphatic carbocycles. The highest BCUT2D eigenvalue weighted by molar-refractivity contribution is 7.99. The highest BCUT2D eigenvalue weighted by atomic mass is 35.5. The Hall–Kier alpha value is 0.0700. The van der Waals surface area contributed by atoms with Gasteiger partial charge in [-0.1, -0.05) is 6.92 Å². The van der Waals surface area contributed by atoms with Crippen molar-refractivity contribution in [2.75, 3.05) is 38.2 Å². The zero-order valence-electron chi connectivity index (χ0n) is 10.2. The summed E-state index contributed by atoms with van der Waals surface area (Å²) in [5.74, 6) is 2.75. The predicted octanol–water partition coefficient (Wildman–Crippen LogP) is 1.62. The molecule has 1 amide bonds. The summed E-state index contributed by atoms with van der Waals surface area (Å²) >= 11 is 1.76. The summed E-state index contributed by atoms with van der Waals surface area (Å²) in [7, 11) is 1.97. The van der Waals surface area contributed by atoms with Crippen molar-refractivity contribution in [2.24, 2.45) is 5.92 Å². The number of carbonyl (C=O) groups is 1. The van der Waals surface area contributed by atoms with Crippen LogP contribution in [0.4, 0.5) is 0 Å². The van der Waals surface area contributed by atoms with Crippen LogP contribution in [-0.4, -0.2) is 49.0 Å². The fourth-order valence-corrected chi connectivity index (χ4v) is 2.70. The second kappa shape index (κ2) is 9.14. The lowest BCUT2D eigenvalue weighted by Crippen LogP contribution is -2.31. The molecule has 1 aliphatic heterocycles. The summed E-state index contributed by atoms with van der Waals surface area (Å²) in [6.45, 7) is 5.09. The maximum Gasteiger partial charge on any atom is 0.232 e. The molecule has 1 saturated heterocycles. The van der Waals surface area contributed by atoms with Crippen LogP contribution in [0, 0.1) is 5.92 Å². The number of likely N-dealkylation sites (tertiary alicyclic amines) is 1. The molecule has 96 valence electrons. The second-order valence-corrected chi connectivity index (χ2v) is 5.21. The van der Waals surface area contributed by atoms with E-state index in [-0.39, 0.29) is 12.4 Å². The van der Waals surface area contributed by atoms with Crippen LogP contribution in [0.15, 0.2) is 0 Å². The maximum absolute atomic E-state index is 11.8. The maximum atomic E-state index is 11.8. The summed E-state index contributed by atoms with van der Waals surface area (Å²) in [6, 6.07) is 0. The van der Waals surface area contributed by atoms with Crippen molar-refractivity contribution < 1.29 is 4.79 Å². The first-order chi connectivity index (χ1) is 7.27. The summed E-state index contributed by atoms with van der Waals surface area (Å²) < 4.78 is 0. The molecule has 0 radical (unpaired) electrons. The van der Waals surface area contributed by atoms with E-state index in [4.69, 9.17) is 0 Å². The summed E-state index contributed by atoms with van der Waals surface area (Å²) in [4.78, 5) is 13.8. The third kappa shape index (κ3) is 5.41. The minimum Gasteiger partial charge on any atom is -0.342 e. The monoisotopic (exact) mass is 266 g/mol. The third-order valence-electron chi connectivity index (χ3n) is 2.71. The van der Waals surface area contributed by atoms with Crippen molar-refractivity contribution in [3.05, 3.63) is 0 Å². The van der Waals surface area contributed by atoms with E-state index in [0.29, 0.717) is 17.6 Å². The number of halogens is 1. The third-order valence-corrected chi connectivity index (χ3v) is 3.85. The van der Waals surface area contributed by atoms with Crippen LogP contribution in [0.1, 0.15) is 19.8 Å². The molecule has 16 heavy (non-hydrogen) atoms. The number of nitrogens with one attached hydrogen (secondary N) is 1. The fraction of sp³-hybridized carbons (Fsp3) is 0.909. The molecule has 0 spiro atoms. The SMILES string of the molecule is CCCSCC(=O)N1CCC(CNC)C1.Cl. The van der Waals surface area contributed by atoms with Gasteiger partial charge in [-0.2, -0.15) is 11.8 Å². The van der Waals surface area contributed by atoms with Crippen molar-refractivity contribution in [3.8, 4) is 0 Å². The van der Waals surface area contributed by atoms with Crippen molar-refractivity contribution in [1.29, 1.82) is 0 Å². The molecule has 0 aromatic heterocycles. The number of nitrogens with zero attached hydrogens (tertiary/aromatic N) is 1. The molecule has 1 rings (SSSR count). The van der Waals surface area contributed by atoms with Crippen LogP contribution >= 0.6 is 24.2 Å². The van der Waals surface area contributed by atoms with E-state index in [1.165, 1.54) is 0 Å². The first-order valence-corrected chi connectivity index (χ1v) is 6.93. The lowest BCUT2D eigenvalue weighted by Gasteiger charge is -2.16. The summed E-state index contributed by atoms with van der Waals surface area (Å²) in [6.07, 6.45) is 2.31. The van der Waals surface area contributed by atoms with E-state index in [2.05, 4.69) is 12.2 Å². The zero-order valence-corrected chi connectivity index (χ0v) is 11.8. The quantitative estimate of drug-likeness (QED) is 0.742. The van der Waals surface area contributed by atoms with Crippen molar-refractivity contribution >= 4 is 30.1 Å². The van der Waals surface area contributed by atoms with E-state index in [9.17, 15) is 4.79 Å². The molecular weight excluding hydrogens is 244 g/mol. The van der Waals surface area contributed by atoms with Crippen LogP contribution < -0.4 is 5.32 Å². The van der Waals surface area contributed by atoms with Gasteiger partial charge >= 0.3 is 0 Å². The molecule has 1 fully saturated rings. The predicted molar refractivity (Wildman–Crippen MR) is 73.5 cm³/mol. The molecule has 0 aromatic rings. The van der Waals surface area contributed by atoms with Crippen LogP contribution in [0.2, 0.25) is 0 Å². The van der Waals surface area contributed by atoms with Crippen LogP contribution in [0.3, 0.4) is 0 Å². The molecule has 1 atom stereocenters. The van der Waals surface area contributed by atoms with Gasteiger partial charge in [-0.15, -0.1) is 12.4 Å². The Morgan fingerprint density at radius 3 is 2.94 bits per heavy atom. The van der Waals surface area contributed by atoms with Gasteiger partial charge in [0.05, 0.1) is 5.75 Å². The average molecular weight is 267 g/mol. The molecule has 3 nitrogen and oxygen atoms in total. The Bertz CT molecular complexity index is 204. The Balaban J connectivity index is 0.00000225. The van der Waals surface area contributed by atoms with E-state index in [0.717, 1.165) is 38.2 Å². The Kier molecular flexibility index (Phi) is 9.18. The van der Waals surface area contributed by atoms with E-state index in [1.54, 1.807) is 11.8 Å². The minimum absolute atomic E-state index is 0. The Labute approximate surface area is 109 Å². The largest absolute Gasteiger partial charge is 0.342 e. The summed E-state index contributed by atoms with van der Waals surface area (Å²) in [5, 5.41) is 3.18. The molecule has 0 aromatic carbocycles. The number of hydrogen-bond donors (Lipinski definition) is 1. The van der Waals surface area contributed by atoms with Gasteiger partial charge in [-0.3, -0.25) is 4.79 Å². The van der Waals surface area contributed by atoms with E-state index >= 15 is 0 Å². The van der Waals surface area contributed by atoms with Gasteiger partial charge < -0.3 is 10.2 Å². The van der Waals surface area contributed by atoms with Crippen LogP contribution in [0.25, 0.3) is 0 Å². The zero-order chi connectivity index (χ0) is 11.1. The molecule has 1 N–H and O–H groups in total. The standard InChI is InChI=1S/C11H22N2OS.ClH/c1-3-6-15-9-11(14)13-5-4-10(8-13)7-12-2;/h10,12H,3-9H2,1-2H3;1H. The summed E-state index contributed by atoms with van der Waals surface area (Å²) in [5.41, 5.74) is 0. The van der Waals surface area contributed by atoms with Gasteiger partial charge in [0.2, 0.25) is 5.91 Å². The minimum atomic E-state index is 0. The molecule has 1 aliphatic rings. The number of carbonyl (C=O) groups excluding carboxylic acids is 1. The Morgan fingerprint density at radius 2 is 2.31 bits per heavy atom. The topological polar surface area (TPSA) is 32.3 Å². The molecule has 0 saturated carbocycles. The van der Waals surface area contributed by atoms with E-state index < -0.39 is 0 Å². The van der Waals surface area contributed by atoms with Gasteiger partial charge in [0, 0.05) is 13.1 Å². The highest BCUT2D eigenvalue weighted by Gasteiger charge is 2.25. The fourth-order valence-electron chi connectivity index (χ4n) is 1.91. The Morgan fingerprint density at radius 1 is 1.56 bits per heavy atom. The van der Waals surface area contributed by atoms with Gasteiger partial charge in [0.25, 0.3) is 0 Å². The van der Waals surface area contributed by atoms with Crippen molar-refractivity contribution in [3.63, 3.8) is 0 Å². The second-order valence-electron chi connectivity index (χ2n) is 4.10. The number of hydrogen-bond acceptors (Lipinski definition) is 3. The van der Waals surface area contributed by atoms with Crippen molar-refractivity contribution in [1.82, 2.24) is 10.2 Å². The van der Waals surface area contributed by atoms with Gasteiger partial charge in [0.15, 0.2) is 0 Å². The number of rotatable bonds is 6. The molecule has 5 heteroatoms. The lowest BCUT2D eigenvalue weighted by molar-refractivity contribution is -0.127. The average Bonchev–Trinajstić information content (AvgIpc) is 2.67. The first-order valence-electron chi connectivity index (χ1n) is 5.78. The number of amides is 1. The van der Waals surface area contributed by atoms with Crippen molar-refractivity contribution in [2.45, 2.75) is 19.8 Å². The van der Waals surface area contributed by atoms with Crippen LogP contribution in [0.5, 0.6) is 0 Å². The molecule has 1 heterocycles. The van der Waals surface area contributed by atoms with Gasteiger partial charge in [-0.25, -0.2) is 0 Å². The van der Waals surface area contributed by atoms with Gasteiger partial charge in [-0.05, 0) is 38.1 Å².